The molecule has 146 valence electrons. The van der Waals surface area contributed by atoms with Crippen molar-refractivity contribution in [1.29, 1.82) is 0 Å². The van der Waals surface area contributed by atoms with Crippen LogP contribution in [0.15, 0.2) is 68.1 Å². The fourth-order valence-electron chi connectivity index (χ4n) is 2.54. The van der Waals surface area contributed by atoms with Crippen molar-refractivity contribution in [3.05, 3.63) is 69.9 Å². The van der Waals surface area contributed by atoms with Crippen LogP contribution in [0.25, 0.3) is 17.3 Å². The van der Waals surface area contributed by atoms with Crippen LogP contribution in [0.1, 0.15) is 11.1 Å². The van der Waals surface area contributed by atoms with Gasteiger partial charge in [0.1, 0.15) is 5.69 Å². The minimum Gasteiger partial charge on any atom is -0.300 e. The van der Waals surface area contributed by atoms with Crippen LogP contribution in [0.2, 0.25) is 0 Å². The molecule has 0 atom stereocenters. The normalized spacial score (nSPS) is 17.1. The van der Waals surface area contributed by atoms with Crippen LogP contribution in [0, 0.1) is 6.92 Å². The zero-order chi connectivity index (χ0) is 20.4. The van der Waals surface area contributed by atoms with Gasteiger partial charge in [-0.15, -0.1) is 9.50 Å². The Morgan fingerprint density at radius 3 is 2.45 bits per heavy atom. The second kappa shape index (κ2) is 7.90. The van der Waals surface area contributed by atoms with Crippen molar-refractivity contribution < 1.29 is 13.2 Å². The fourth-order valence-corrected chi connectivity index (χ4v) is 4.98. The molecule has 0 radical (unpaired) electrons. The lowest BCUT2D eigenvalue weighted by atomic mass is 10.1. The van der Waals surface area contributed by atoms with Gasteiger partial charge >= 0.3 is 0 Å². The Hall–Kier alpha value is -2.82. The van der Waals surface area contributed by atoms with Gasteiger partial charge in [-0.05, 0) is 54.0 Å². The third-order valence-corrected chi connectivity index (χ3v) is 6.86. The molecular formula is C19H14N4O3S3. The van der Waals surface area contributed by atoms with E-state index < -0.39 is 10.0 Å². The number of aromatic nitrogens is 2. The van der Waals surface area contributed by atoms with Crippen LogP contribution >= 0.6 is 23.3 Å². The molecule has 29 heavy (non-hydrogen) atoms. The number of amidine groups is 1. The maximum atomic E-state index is 12.4. The number of amides is 1. The Labute approximate surface area is 175 Å². The number of thioether (sulfide) groups is 1. The number of hydrogen-bond acceptors (Lipinski definition) is 7. The van der Waals surface area contributed by atoms with E-state index in [1.54, 1.807) is 18.2 Å². The first-order valence-electron chi connectivity index (χ1n) is 8.41. The lowest BCUT2D eigenvalue weighted by Gasteiger charge is -2.00. The SMILES string of the molecule is Cc1ccc(S(=O)(=O)/N=C2/NC(=O)/C(=C/c3ccc(-c4csnn4)cc3)S2)cc1. The van der Waals surface area contributed by atoms with Crippen molar-refractivity contribution in [2.45, 2.75) is 11.8 Å². The van der Waals surface area contributed by atoms with Gasteiger partial charge in [0.05, 0.1) is 9.80 Å². The monoisotopic (exact) mass is 442 g/mol. The molecule has 7 nitrogen and oxygen atoms in total. The number of nitrogens with zero attached hydrogens (tertiary/aromatic N) is 3. The molecule has 1 amide bonds. The number of carbonyl (C=O) groups is 1. The van der Waals surface area contributed by atoms with Crippen LogP contribution in [0.5, 0.6) is 0 Å². The maximum Gasteiger partial charge on any atom is 0.284 e. The van der Waals surface area contributed by atoms with Crippen molar-refractivity contribution in [2.24, 2.45) is 4.40 Å². The summed E-state index contributed by atoms with van der Waals surface area (Å²) in [5.41, 5.74) is 3.47. The van der Waals surface area contributed by atoms with Crippen molar-refractivity contribution >= 4 is 50.5 Å². The topological polar surface area (TPSA) is 101 Å². The van der Waals surface area contributed by atoms with E-state index in [1.165, 1.54) is 23.7 Å². The second-order valence-corrected chi connectivity index (χ2v) is 9.41. The van der Waals surface area contributed by atoms with Gasteiger partial charge in [0, 0.05) is 10.9 Å². The van der Waals surface area contributed by atoms with Crippen LogP contribution in [-0.2, 0) is 14.8 Å². The molecule has 1 aromatic heterocycles. The molecule has 0 unspecified atom stereocenters. The molecule has 3 aromatic rings. The second-order valence-electron chi connectivity index (χ2n) is 6.16. The Morgan fingerprint density at radius 2 is 1.79 bits per heavy atom. The Bertz CT molecular complexity index is 1210. The summed E-state index contributed by atoms with van der Waals surface area (Å²) in [5.74, 6) is -0.388. The van der Waals surface area contributed by atoms with Crippen molar-refractivity contribution in [1.82, 2.24) is 14.9 Å². The average molecular weight is 443 g/mol. The molecule has 2 heterocycles. The van der Waals surface area contributed by atoms with E-state index in [-0.39, 0.29) is 16.0 Å². The zero-order valence-corrected chi connectivity index (χ0v) is 17.5. The van der Waals surface area contributed by atoms with Gasteiger partial charge in [0.25, 0.3) is 15.9 Å². The molecule has 0 bridgehead atoms. The molecule has 1 N–H and O–H groups in total. The third kappa shape index (κ3) is 4.44. The average Bonchev–Trinajstić information content (AvgIpc) is 3.33. The number of nitrogens with one attached hydrogen (secondary N) is 1. The number of carbonyl (C=O) groups excluding carboxylic acids is 1. The summed E-state index contributed by atoms with van der Waals surface area (Å²) in [6, 6.07) is 13.9. The Kier molecular flexibility index (Phi) is 5.31. The smallest absolute Gasteiger partial charge is 0.284 e. The minimum absolute atomic E-state index is 0.0343. The first kappa shape index (κ1) is 19.5. The molecular weight excluding hydrogens is 428 g/mol. The molecule has 0 aliphatic carbocycles. The number of benzene rings is 2. The first-order chi connectivity index (χ1) is 13.9. The molecule has 1 aliphatic heterocycles. The maximum absolute atomic E-state index is 12.4. The van der Waals surface area contributed by atoms with Crippen molar-refractivity contribution in [2.75, 3.05) is 0 Å². The predicted molar refractivity (Wildman–Crippen MR) is 115 cm³/mol. The van der Waals surface area contributed by atoms with Crippen LogP contribution in [0.3, 0.4) is 0 Å². The van der Waals surface area contributed by atoms with Gasteiger partial charge in [-0.2, -0.15) is 8.42 Å². The van der Waals surface area contributed by atoms with E-state index >= 15 is 0 Å². The van der Waals surface area contributed by atoms with E-state index in [4.69, 9.17) is 0 Å². The van der Waals surface area contributed by atoms with Gasteiger partial charge in [0.2, 0.25) is 0 Å². The molecule has 0 saturated carbocycles. The van der Waals surface area contributed by atoms with Crippen LogP contribution in [0.4, 0.5) is 0 Å². The third-order valence-electron chi connectivity index (χ3n) is 4.04. The van der Waals surface area contributed by atoms with Gasteiger partial charge in [-0.25, -0.2) is 0 Å². The van der Waals surface area contributed by atoms with Gasteiger partial charge in [0.15, 0.2) is 5.17 Å². The highest BCUT2D eigenvalue weighted by molar-refractivity contribution is 8.19. The summed E-state index contributed by atoms with van der Waals surface area (Å²) >= 11 is 2.27. The van der Waals surface area contributed by atoms with E-state index in [1.807, 2.05) is 36.6 Å². The van der Waals surface area contributed by atoms with Crippen molar-refractivity contribution in [3.8, 4) is 11.3 Å². The standard InChI is InChI=1S/C19H14N4O3S3/c1-12-2-8-15(9-3-12)29(25,26)22-19-20-18(24)17(28-19)10-13-4-6-14(7-5-13)16-11-27-23-21-16/h2-11H,1H3,(H,20,22,24)/b17-10-. The largest absolute Gasteiger partial charge is 0.300 e. The highest BCUT2D eigenvalue weighted by Gasteiger charge is 2.26. The molecule has 10 heteroatoms. The molecule has 2 aromatic carbocycles. The van der Waals surface area contributed by atoms with E-state index in [0.29, 0.717) is 4.91 Å². The fraction of sp³-hybridized carbons (Fsp3) is 0.0526. The highest BCUT2D eigenvalue weighted by atomic mass is 32.2. The van der Waals surface area contributed by atoms with E-state index in [2.05, 4.69) is 19.3 Å². The Morgan fingerprint density at radius 1 is 1.07 bits per heavy atom. The molecule has 1 saturated heterocycles. The number of rotatable bonds is 4. The summed E-state index contributed by atoms with van der Waals surface area (Å²) in [6.45, 7) is 1.87. The van der Waals surface area contributed by atoms with Gasteiger partial charge < -0.3 is 0 Å². The summed E-state index contributed by atoms with van der Waals surface area (Å²) in [6.07, 6.45) is 1.68. The lowest BCUT2D eigenvalue weighted by molar-refractivity contribution is -0.115. The molecule has 4 rings (SSSR count). The van der Waals surface area contributed by atoms with Gasteiger partial charge in [-0.3, -0.25) is 10.1 Å². The first-order valence-corrected chi connectivity index (χ1v) is 11.5. The molecule has 1 fully saturated rings. The summed E-state index contributed by atoms with van der Waals surface area (Å²) in [4.78, 5) is 12.7. The lowest BCUT2D eigenvalue weighted by Crippen LogP contribution is -2.20. The van der Waals surface area contributed by atoms with Crippen LogP contribution < -0.4 is 5.32 Å². The number of hydrogen-bond donors (Lipinski definition) is 1. The molecule has 0 spiro atoms. The summed E-state index contributed by atoms with van der Waals surface area (Å²) in [5, 5.41) is 8.41. The predicted octanol–water partition coefficient (Wildman–Crippen LogP) is 3.46. The number of aryl methyl sites for hydroxylation is 1. The van der Waals surface area contributed by atoms with E-state index in [0.717, 1.165) is 34.1 Å². The summed E-state index contributed by atoms with van der Waals surface area (Å²) < 4.78 is 32.5. The zero-order valence-electron chi connectivity index (χ0n) is 15.1. The Balaban J connectivity index is 1.54. The number of sulfonamides is 1. The van der Waals surface area contributed by atoms with Crippen LogP contribution in [-0.4, -0.2) is 29.1 Å². The highest BCUT2D eigenvalue weighted by Crippen LogP contribution is 2.28. The minimum atomic E-state index is -3.90. The van der Waals surface area contributed by atoms with Crippen molar-refractivity contribution in [3.63, 3.8) is 0 Å². The molecule has 1 aliphatic rings. The summed E-state index contributed by atoms with van der Waals surface area (Å²) in [7, 11) is -3.90. The quantitative estimate of drug-likeness (QED) is 0.621. The van der Waals surface area contributed by atoms with E-state index in [9.17, 15) is 13.2 Å². The van der Waals surface area contributed by atoms with Gasteiger partial charge in [-0.1, -0.05) is 46.4 Å².